The Hall–Kier alpha value is -0.700. The van der Waals surface area contributed by atoms with Gasteiger partial charge in [0.1, 0.15) is 0 Å². The largest absolute Gasteiger partial charge is 0.466 e. The van der Waals surface area contributed by atoms with Crippen molar-refractivity contribution in [3.63, 3.8) is 0 Å². The van der Waals surface area contributed by atoms with Crippen LogP contribution in [0.4, 0.5) is 0 Å². The minimum absolute atomic E-state index is 0.0528. The second-order valence-electron chi connectivity index (χ2n) is 5.26. The molecule has 0 aliphatic carbocycles. The Kier molecular flexibility index (Phi) is 5.36. The molecule has 8 heteroatoms. The van der Waals surface area contributed by atoms with Crippen molar-refractivity contribution in [3.8, 4) is 0 Å². The smallest absolute Gasteiger partial charge is 0.310 e. The summed E-state index contributed by atoms with van der Waals surface area (Å²) in [5.41, 5.74) is 0. The Morgan fingerprint density at radius 1 is 1.45 bits per heavy atom. The maximum absolute atomic E-state index is 12.3. The molecule has 7 nitrogen and oxygen atoms in total. The Balaban J connectivity index is 1.94. The maximum atomic E-state index is 12.3. The number of rotatable bonds is 5. The van der Waals surface area contributed by atoms with Gasteiger partial charge in [0.25, 0.3) is 10.2 Å². The van der Waals surface area contributed by atoms with Crippen molar-refractivity contribution >= 4 is 16.2 Å². The van der Waals surface area contributed by atoms with Crippen molar-refractivity contribution in [1.29, 1.82) is 0 Å². The molecular weight excluding hydrogens is 282 g/mol. The van der Waals surface area contributed by atoms with Gasteiger partial charge in [-0.05, 0) is 32.7 Å². The summed E-state index contributed by atoms with van der Waals surface area (Å²) >= 11 is 0. The van der Waals surface area contributed by atoms with E-state index in [1.165, 1.54) is 4.31 Å². The van der Waals surface area contributed by atoms with Gasteiger partial charge >= 0.3 is 5.97 Å². The van der Waals surface area contributed by atoms with Crippen LogP contribution in [0.5, 0.6) is 0 Å². The minimum atomic E-state index is -3.51. The third-order valence-electron chi connectivity index (χ3n) is 3.72. The van der Waals surface area contributed by atoms with Crippen LogP contribution in [0.25, 0.3) is 0 Å². The quantitative estimate of drug-likeness (QED) is 0.666. The van der Waals surface area contributed by atoms with Crippen LogP contribution in [-0.4, -0.2) is 57.5 Å². The average Bonchev–Trinajstić information content (AvgIpc) is 2.91. The third-order valence-corrected chi connectivity index (χ3v) is 5.36. The summed E-state index contributed by atoms with van der Waals surface area (Å²) in [6, 6.07) is -0.0528. The summed E-state index contributed by atoms with van der Waals surface area (Å²) in [4.78, 5) is 11.7. The predicted molar refractivity (Wildman–Crippen MR) is 74.3 cm³/mol. The lowest BCUT2D eigenvalue weighted by atomic mass is 10.0. The molecule has 2 aliphatic heterocycles. The molecule has 0 bridgehead atoms. The van der Waals surface area contributed by atoms with Crippen LogP contribution in [-0.2, 0) is 19.7 Å². The normalized spacial score (nSPS) is 28.4. The Bertz CT molecular complexity index is 434. The molecule has 2 aliphatic rings. The molecule has 116 valence electrons. The first-order valence-electron chi connectivity index (χ1n) is 7.17. The van der Waals surface area contributed by atoms with Crippen LogP contribution in [0, 0.1) is 5.92 Å². The summed E-state index contributed by atoms with van der Waals surface area (Å²) < 4.78 is 33.7. The number of ether oxygens (including phenoxy) is 1. The fourth-order valence-corrected chi connectivity index (χ4v) is 4.17. The fraction of sp³-hybridized carbons (Fsp3) is 0.917. The van der Waals surface area contributed by atoms with Gasteiger partial charge in [-0.1, -0.05) is 0 Å². The van der Waals surface area contributed by atoms with Crippen molar-refractivity contribution in [2.75, 3.05) is 32.8 Å². The second-order valence-corrected chi connectivity index (χ2v) is 6.96. The van der Waals surface area contributed by atoms with E-state index in [-0.39, 0.29) is 24.5 Å². The summed E-state index contributed by atoms with van der Waals surface area (Å²) in [6.45, 7) is 4.25. The van der Waals surface area contributed by atoms with Gasteiger partial charge in [0, 0.05) is 25.7 Å². The van der Waals surface area contributed by atoms with Crippen molar-refractivity contribution < 1.29 is 17.9 Å². The number of nitrogens with one attached hydrogen (secondary N) is 2. The van der Waals surface area contributed by atoms with E-state index < -0.39 is 10.2 Å². The fourth-order valence-electron chi connectivity index (χ4n) is 2.65. The van der Waals surface area contributed by atoms with Gasteiger partial charge < -0.3 is 10.1 Å². The van der Waals surface area contributed by atoms with Crippen LogP contribution < -0.4 is 10.0 Å². The molecule has 20 heavy (non-hydrogen) atoms. The van der Waals surface area contributed by atoms with E-state index in [0.29, 0.717) is 32.5 Å². The molecule has 2 fully saturated rings. The number of carbonyl (C=O) groups is 1. The number of piperidine rings is 1. The first-order chi connectivity index (χ1) is 9.53. The van der Waals surface area contributed by atoms with Crippen molar-refractivity contribution in [2.45, 2.75) is 32.2 Å². The highest BCUT2D eigenvalue weighted by Gasteiger charge is 2.34. The van der Waals surface area contributed by atoms with Crippen LogP contribution in [0.2, 0.25) is 0 Å². The molecule has 0 amide bonds. The third kappa shape index (κ3) is 3.91. The van der Waals surface area contributed by atoms with Gasteiger partial charge in [0.15, 0.2) is 0 Å². The van der Waals surface area contributed by atoms with E-state index in [1.807, 2.05) is 0 Å². The van der Waals surface area contributed by atoms with E-state index in [2.05, 4.69) is 10.0 Å². The van der Waals surface area contributed by atoms with Crippen molar-refractivity contribution in [3.05, 3.63) is 0 Å². The zero-order chi connectivity index (χ0) is 14.6. The Labute approximate surface area is 120 Å². The lowest BCUT2D eigenvalue weighted by Gasteiger charge is -2.31. The Morgan fingerprint density at radius 2 is 2.25 bits per heavy atom. The van der Waals surface area contributed by atoms with E-state index in [0.717, 1.165) is 13.0 Å². The van der Waals surface area contributed by atoms with Crippen molar-refractivity contribution in [1.82, 2.24) is 14.3 Å². The Morgan fingerprint density at radius 3 is 2.90 bits per heavy atom. The molecule has 2 heterocycles. The predicted octanol–water partition coefficient (Wildman–Crippen LogP) is -0.542. The summed E-state index contributed by atoms with van der Waals surface area (Å²) in [5.74, 6) is -0.642. The molecule has 0 aromatic carbocycles. The number of hydrogen-bond acceptors (Lipinski definition) is 5. The lowest BCUT2D eigenvalue weighted by Crippen LogP contribution is -2.50. The van der Waals surface area contributed by atoms with Gasteiger partial charge in [0.05, 0.1) is 12.5 Å². The van der Waals surface area contributed by atoms with Gasteiger partial charge in [-0.15, -0.1) is 0 Å². The maximum Gasteiger partial charge on any atom is 0.310 e. The SMILES string of the molecule is CCOC(=O)C1CCCN(S(=O)(=O)NC2CCNC2)C1. The zero-order valence-corrected chi connectivity index (χ0v) is 12.6. The van der Waals surface area contributed by atoms with E-state index in [9.17, 15) is 13.2 Å². The first kappa shape index (κ1) is 15.7. The number of hydrogen-bond donors (Lipinski definition) is 2. The van der Waals surface area contributed by atoms with Crippen LogP contribution in [0.1, 0.15) is 26.2 Å². The molecule has 0 saturated carbocycles. The highest BCUT2D eigenvalue weighted by atomic mass is 32.2. The first-order valence-corrected chi connectivity index (χ1v) is 8.61. The van der Waals surface area contributed by atoms with E-state index >= 15 is 0 Å². The monoisotopic (exact) mass is 305 g/mol. The van der Waals surface area contributed by atoms with Gasteiger partial charge in [0.2, 0.25) is 0 Å². The number of esters is 1. The van der Waals surface area contributed by atoms with Crippen molar-refractivity contribution in [2.24, 2.45) is 5.92 Å². The average molecular weight is 305 g/mol. The highest BCUT2D eigenvalue weighted by Crippen LogP contribution is 2.20. The molecule has 0 radical (unpaired) electrons. The van der Waals surface area contributed by atoms with Crippen LogP contribution >= 0.6 is 0 Å². The summed E-state index contributed by atoms with van der Waals surface area (Å²) in [5, 5.41) is 3.12. The van der Waals surface area contributed by atoms with E-state index in [4.69, 9.17) is 4.74 Å². The topological polar surface area (TPSA) is 87.7 Å². The summed E-state index contributed by atoms with van der Waals surface area (Å²) in [7, 11) is -3.51. The number of carbonyl (C=O) groups excluding carboxylic acids is 1. The molecular formula is C12H23N3O4S. The molecule has 2 atom stereocenters. The highest BCUT2D eigenvalue weighted by molar-refractivity contribution is 7.87. The number of nitrogens with zero attached hydrogens (tertiary/aromatic N) is 1. The van der Waals surface area contributed by atoms with E-state index in [1.54, 1.807) is 6.92 Å². The lowest BCUT2D eigenvalue weighted by molar-refractivity contribution is -0.149. The minimum Gasteiger partial charge on any atom is -0.466 e. The van der Waals surface area contributed by atoms with Gasteiger partial charge in [-0.3, -0.25) is 4.79 Å². The standard InChI is InChI=1S/C12H23N3O4S/c1-2-19-12(16)10-4-3-7-15(9-10)20(17,18)14-11-5-6-13-8-11/h10-11,13-14H,2-9H2,1H3. The molecule has 2 N–H and O–H groups in total. The summed E-state index contributed by atoms with van der Waals surface area (Å²) in [6.07, 6.45) is 2.18. The molecule has 2 unspecified atom stereocenters. The zero-order valence-electron chi connectivity index (χ0n) is 11.8. The molecule has 2 rings (SSSR count). The molecule has 2 saturated heterocycles. The van der Waals surface area contributed by atoms with Crippen LogP contribution in [0.3, 0.4) is 0 Å². The molecule has 0 aromatic rings. The van der Waals surface area contributed by atoms with Gasteiger partial charge in [-0.25, -0.2) is 0 Å². The van der Waals surface area contributed by atoms with Gasteiger partial charge in [-0.2, -0.15) is 17.4 Å². The molecule has 0 spiro atoms. The second kappa shape index (κ2) is 6.84. The van der Waals surface area contributed by atoms with Crippen LogP contribution in [0.15, 0.2) is 0 Å². The molecule has 0 aromatic heterocycles.